The lowest BCUT2D eigenvalue weighted by Crippen LogP contribution is -2.05. The van der Waals surface area contributed by atoms with E-state index in [-0.39, 0.29) is 6.10 Å². The molecular weight excluding hydrogens is 340 g/mol. The molecule has 0 amide bonds. The molecule has 1 aromatic heterocycles. The third-order valence-electron chi connectivity index (χ3n) is 3.06. The average Bonchev–Trinajstić information content (AvgIpc) is 3.06. The van der Waals surface area contributed by atoms with Gasteiger partial charge in [0.25, 0.3) is 0 Å². The minimum absolute atomic E-state index is 0.0254. The third-order valence-corrected chi connectivity index (χ3v) is 3.82. The van der Waals surface area contributed by atoms with Gasteiger partial charge >= 0.3 is 0 Å². The Bertz CT molecular complexity index is 688. The van der Waals surface area contributed by atoms with E-state index in [0.717, 1.165) is 35.3 Å². The van der Waals surface area contributed by atoms with Gasteiger partial charge in [-0.05, 0) is 42.8 Å². The van der Waals surface area contributed by atoms with Gasteiger partial charge in [-0.2, -0.15) is 14.9 Å². The maximum atomic E-state index is 5.63. The second-order valence-electron chi connectivity index (χ2n) is 4.50. The molecule has 1 aromatic carbocycles. The van der Waals surface area contributed by atoms with Crippen molar-refractivity contribution in [3.8, 4) is 0 Å². The molecular formula is C13H13BrN4OS. The highest BCUT2D eigenvalue weighted by molar-refractivity contribution is 9.10. The van der Waals surface area contributed by atoms with Crippen LogP contribution in [-0.2, 0) is 4.74 Å². The summed E-state index contributed by atoms with van der Waals surface area (Å²) in [6, 6.07) is 7.89. The normalized spacial score (nSPS) is 18.9. The summed E-state index contributed by atoms with van der Waals surface area (Å²) >= 11 is 8.65. The Hall–Kier alpha value is -1.31. The first-order valence-corrected chi connectivity index (χ1v) is 7.53. The van der Waals surface area contributed by atoms with E-state index in [1.54, 1.807) is 10.9 Å². The number of aromatic nitrogens is 3. The van der Waals surface area contributed by atoms with Crippen molar-refractivity contribution >= 4 is 34.4 Å². The number of nitrogens with zero attached hydrogens (tertiary/aromatic N) is 3. The van der Waals surface area contributed by atoms with Gasteiger partial charge in [0.05, 0.1) is 6.21 Å². The van der Waals surface area contributed by atoms with Crippen LogP contribution in [0.25, 0.3) is 0 Å². The zero-order valence-corrected chi connectivity index (χ0v) is 13.0. The number of aromatic amines is 1. The molecule has 2 aromatic rings. The van der Waals surface area contributed by atoms with Gasteiger partial charge in [0, 0.05) is 11.1 Å². The summed E-state index contributed by atoms with van der Waals surface area (Å²) < 4.78 is 8.75. The van der Waals surface area contributed by atoms with Gasteiger partial charge < -0.3 is 4.74 Å². The molecule has 0 bridgehead atoms. The monoisotopic (exact) mass is 352 g/mol. The lowest BCUT2D eigenvalue weighted by Gasteiger charge is -2.07. The highest BCUT2D eigenvalue weighted by atomic mass is 79.9. The standard InChI is InChI=1S/C13H13BrN4OS/c14-10-4-1-3-9(7-10)8-15-18-12(16-17-13(18)20)11-5-2-6-19-11/h1,3-4,7-8,11H,2,5-6H2,(H,17,20)/b15-8-. The van der Waals surface area contributed by atoms with Crippen LogP contribution in [0.4, 0.5) is 0 Å². The van der Waals surface area contributed by atoms with Crippen molar-refractivity contribution in [2.45, 2.75) is 18.9 Å². The predicted octanol–water partition coefficient (Wildman–Crippen LogP) is 3.44. The molecule has 1 saturated heterocycles. The number of H-pyrrole nitrogens is 1. The number of benzene rings is 1. The highest BCUT2D eigenvalue weighted by Gasteiger charge is 2.23. The first-order valence-electron chi connectivity index (χ1n) is 6.33. The highest BCUT2D eigenvalue weighted by Crippen LogP contribution is 2.26. The molecule has 1 aliphatic rings. The molecule has 1 atom stereocenters. The molecule has 3 rings (SSSR count). The average molecular weight is 353 g/mol. The molecule has 0 saturated carbocycles. The fraction of sp³-hybridized carbons (Fsp3) is 0.308. The maximum absolute atomic E-state index is 5.63. The van der Waals surface area contributed by atoms with Crippen molar-refractivity contribution in [1.82, 2.24) is 14.9 Å². The maximum Gasteiger partial charge on any atom is 0.216 e. The molecule has 1 fully saturated rings. The van der Waals surface area contributed by atoms with Crippen molar-refractivity contribution in [3.63, 3.8) is 0 Å². The van der Waals surface area contributed by atoms with E-state index in [1.807, 2.05) is 24.3 Å². The minimum Gasteiger partial charge on any atom is -0.370 e. The fourth-order valence-electron chi connectivity index (χ4n) is 2.12. The van der Waals surface area contributed by atoms with E-state index in [9.17, 15) is 0 Å². The Kier molecular flexibility index (Phi) is 4.09. The smallest absolute Gasteiger partial charge is 0.216 e. The lowest BCUT2D eigenvalue weighted by atomic mass is 10.2. The van der Waals surface area contributed by atoms with Crippen molar-refractivity contribution in [1.29, 1.82) is 0 Å². The number of halogens is 1. The largest absolute Gasteiger partial charge is 0.370 e. The molecule has 1 unspecified atom stereocenters. The summed E-state index contributed by atoms with van der Waals surface area (Å²) in [6.07, 6.45) is 3.72. The molecule has 0 spiro atoms. The van der Waals surface area contributed by atoms with Crippen LogP contribution in [0.2, 0.25) is 0 Å². The minimum atomic E-state index is -0.0254. The van der Waals surface area contributed by atoms with Crippen LogP contribution in [0.3, 0.4) is 0 Å². The van der Waals surface area contributed by atoms with Gasteiger partial charge in [-0.1, -0.05) is 28.1 Å². The van der Waals surface area contributed by atoms with Gasteiger partial charge in [0.2, 0.25) is 4.77 Å². The molecule has 104 valence electrons. The summed E-state index contributed by atoms with van der Waals surface area (Å²) in [7, 11) is 0. The summed E-state index contributed by atoms with van der Waals surface area (Å²) in [5.74, 6) is 0.735. The molecule has 7 heteroatoms. The number of hydrogen-bond donors (Lipinski definition) is 1. The number of ether oxygens (including phenoxy) is 1. The number of rotatable bonds is 3. The zero-order chi connectivity index (χ0) is 13.9. The van der Waals surface area contributed by atoms with Crippen LogP contribution < -0.4 is 0 Å². The fourth-order valence-corrected chi connectivity index (χ4v) is 2.72. The lowest BCUT2D eigenvalue weighted by molar-refractivity contribution is 0.102. The van der Waals surface area contributed by atoms with E-state index >= 15 is 0 Å². The van der Waals surface area contributed by atoms with Crippen molar-refractivity contribution in [3.05, 3.63) is 44.9 Å². The first kappa shape index (κ1) is 13.7. The van der Waals surface area contributed by atoms with Crippen molar-refractivity contribution < 1.29 is 4.74 Å². The van der Waals surface area contributed by atoms with E-state index < -0.39 is 0 Å². The molecule has 20 heavy (non-hydrogen) atoms. The van der Waals surface area contributed by atoms with E-state index in [2.05, 4.69) is 31.2 Å². The second-order valence-corrected chi connectivity index (χ2v) is 5.80. The molecule has 5 nitrogen and oxygen atoms in total. The predicted molar refractivity (Wildman–Crippen MR) is 82.5 cm³/mol. The van der Waals surface area contributed by atoms with E-state index in [4.69, 9.17) is 17.0 Å². The van der Waals surface area contributed by atoms with Crippen molar-refractivity contribution in [2.75, 3.05) is 6.61 Å². The summed E-state index contributed by atoms with van der Waals surface area (Å²) in [5.41, 5.74) is 0.987. The van der Waals surface area contributed by atoms with Crippen LogP contribution >= 0.6 is 28.1 Å². The van der Waals surface area contributed by atoms with Crippen LogP contribution in [0.15, 0.2) is 33.8 Å². The SMILES string of the molecule is S=c1[nH]nc(C2CCCO2)n1/N=C\c1cccc(Br)c1. The van der Waals surface area contributed by atoms with Crippen LogP contribution in [0.5, 0.6) is 0 Å². The Morgan fingerprint density at radius 1 is 1.55 bits per heavy atom. The van der Waals surface area contributed by atoms with Gasteiger partial charge in [0.1, 0.15) is 6.10 Å². The van der Waals surface area contributed by atoms with Gasteiger partial charge in [0.15, 0.2) is 5.82 Å². The molecule has 0 aliphatic carbocycles. The zero-order valence-electron chi connectivity index (χ0n) is 10.6. The van der Waals surface area contributed by atoms with E-state index in [0.29, 0.717) is 4.77 Å². The van der Waals surface area contributed by atoms with Crippen LogP contribution in [0, 0.1) is 4.77 Å². The van der Waals surface area contributed by atoms with Crippen molar-refractivity contribution in [2.24, 2.45) is 5.10 Å². The summed E-state index contributed by atoms with van der Waals surface area (Å²) in [5, 5.41) is 11.4. The third kappa shape index (κ3) is 2.89. The Labute approximate surface area is 129 Å². The van der Waals surface area contributed by atoms with E-state index in [1.165, 1.54) is 0 Å². The second kappa shape index (κ2) is 5.99. The Morgan fingerprint density at radius 3 is 3.20 bits per heavy atom. The molecule has 0 radical (unpaired) electrons. The summed E-state index contributed by atoms with van der Waals surface area (Å²) in [6.45, 7) is 0.764. The van der Waals surface area contributed by atoms with Gasteiger partial charge in [-0.3, -0.25) is 5.10 Å². The Balaban J connectivity index is 1.90. The quantitative estimate of drug-likeness (QED) is 0.679. The van der Waals surface area contributed by atoms with Crippen LogP contribution in [0.1, 0.15) is 30.3 Å². The first-order chi connectivity index (χ1) is 9.74. The van der Waals surface area contributed by atoms with Gasteiger partial charge in [-0.25, -0.2) is 0 Å². The van der Waals surface area contributed by atoms with Crippen LogP contribution in [-0.4, -0.2) is 27.7 Å². The number of nitrogens with one attached hydrogen (secondary N) is 1. The van der Waals surface area contributed by atoms with Gasteiger partial charge in [-0.15, -0.1) is 0 Å². The molecule has 2 heterocycles. The topological polar surface area (TPSA) is 55.2 Å². The Morgan fingerprint density at radius 2 is 2.45 bits per heavy atom. The molecule has 1 N–H and O–H groups in total. The molecule has 1 aliphatic heterocycles. The summed E-state index contributed by atoms with van der Waals surface area (Å²) in [4.78, 5) is 0. The number of hydrogen-bond acceptors (Lipinski definition) is 4.